The second kappa shape index (κ2) is 6.26. The molecule has 1 N–H and O–H groups in total. The Morgan fingerprint density at radius 1 is 1.61 bits per heavy atom. The Morgan fingerprint density at radius 2 is 2.33 bits per heavy atom. The summed E-state index contributed by atoms with van der Waals surface area (Å²) in [7, 11) is 0. The Balaban J connectivity index is 1.71. The Labute approximate surface area is 110 Å². The lowest BCUT2D eigenvalue weighted by Crippen LogP contribution is -2.37. The van der Waals surface area contributed by atoms with E-state index in [4.69, 9.17) is 9.84 Å². The summed E-state index contributed by atoms with van der Waals surface area (Å²) >= 11 is 1.68. The molecule has 1 aromatic heterocycles. The Morgan fingerprint density at radius 3 is 2.89 bits per heavy atom. The fourth-order valence-electron chi connectivity index (χ4n) is 2.13. The van der Waals surface area contributed by atoms with Crippen molar-refractivity contribution in [3.8, 4) is 0 Å². The Hall–Kier alpha value is -0.980. The number of carbonyl (C=O) groups is 1. The highest BCUT2D eigenvalue weighted by Gasteiger charge is 2.20. The Bertz CT molecular complexity index is 400. The predicted octanol–water partition coefficient (Wildman–Crippen LogP) is 1.52. The molecule has 1 saturated heterocycles. The smallest absolute Gasteiger partial charge is 0.329 e. The van der Waals surface area contributed by atoms with Crippen LogP contribution in [0, 0.1) is 6.92 Å². The van der Waals surface area contributed by atoms with Gasteiger partial charge >= 0.3 is 5.97 Å². The van der Waals surface area contributed by atoms with Crippen LogP contribution in [0.15, 0.2) is 5.38 Å². The molecule has 1 fully saturated rings. The second-order valence-electron chi connectivity index (χ2n) is 4.54. The molecule has 1 aromatic rings. The molecule has 2 rings (SSSR count). The molecule has 2 heterocycles. The van der Waals surface area contributed by atoms with E-state index in [2.05, 4.69) is 15.3 Å². The van der Waals surface area contributed by atoms with Crippen molar-refractivity contribution < 1.29 is 14.6 Å². The molecule has 0 aliphatic carbocycles. The van der Waals surface area contributed by atoms with Crippen molar-refractivity contribution in [1.29, 1.82) is 0 Å². The molecule has 1 aliphatic heterocycles. The van der Waals surface area contributed by atoms with E-state index in [9.17, 15) is 4.79 Å². The van der Waals surface area contributed by atoms with Gasteiger partial charge in [0.25, 0.3) is 0 Å². The number of hydrogen-bond donors (Lipinski definition) is 1. The number of hydrogen-bond acceptors (Lipinski definition) is 5. The van der Waals surface area contributed by atoms with Crippen LogP contribution in [-0.2, 0) is 16.1 Å². The van der Waals surface area contributed by atoms with Gasteiger partial charge in [0.05, 0.1) is 16.8 Å². The van der Waals surface area contributed by atoms with E-state index in [0.29, 0.717) is 0 Å². The molecule has 0 radical (unpaired) electrons. The van der Waals surface area contributed by atoms with E-state index in [1.807, 2.05) is 6.92 Å². The van der Waals surface area contributed by atoms with Crippen LogP contribution in [0.1, 0.15) is 23.5 Å². The first-order valence-corrected chi connectivity index (χ1v) is 6.98. The van der Waals surface area contributed by atoms with Crippen molar-refractivity contribution in [1.82, 2.24) is 9.88 Å². The van der Waals surface area contributed by atoms with E-state index in [0.717, 1.165) is 43.2 Å². The van der Waals surface area contributed by atoms with E-state index in [1.54, 1.807) is 11.3 Å². The third kappa shape index (κ3) is 4.04. The van der Waals surface area contributed by atoms with Crippen LogP contribution in [0.25, 0.3) is 0 Å². The van der Waals surface area contributed by atoms with Crippen molar-refractivity contribution in [2.45, 2.75) is 32.4 Å². The van der Waals surface area contributed by atoms with Crippen molar-refractivity contribution in [2.24, 2.45) is 0 Å². The average molecular weight is 270 g/mol. The number of thiazole rings is 1. The molecule has 100 valence electrons. The van der Waals surface area contributed by atoms with E-state index in [1.165, 1.54) is 0 Å². The molecular formula is C12H18N2O3S. The molecule has 0 aromatic carbocycles. The topological polar surface area (TPSA) is 62.7 Å². The number of aromatic nitrogens is 1. The van der Waals surface area contributed by atoms with Gasteiger partial charge in [-0.2, -0.15) is 0 Å². The highest BCUT2D eigenvalue weighted by Crippen LogP contribution is 2.17. The highest BCUT2D eigenvalue weighted by molar-refractivity contribution is 7.09. The number of likely N-dealkylation sites (tertiary alicyclic amines) is 1. The maximum absolute atomic E-state index is 10.4. The van der Waals surface area contributed by atoms with Gasteiger partial charge in [-0.3, -0.25) is 4.90 Å². The summed E-state index contributed by atoms with van der Waals surface area (Å²) in [5.41, 5.74) is 1.13. The van der Waals surface area contributed by atoms with Crippen LogP contribution >= 0.6 is 11.3 Å². The molecular weight excluding hydrogens is 252 g/mol. The maximum Gasteiger partial charge on any atom is 0.329 e. The van der Waals surface area contributed by atoms with Gasteiger partial charge in [-0.05, 0) is 19.8 Å². The number of piperidine rings is 1. The van der Waals surface area contributed by atoms with Gasteiger partial charge in [0.15, 0.2) is 0 Å². The van der Waals surface area contributed by atoms with Crippen LogP contribution in [0.5, 0.6) is 0 Å². The van der Waals surface area contributed by atoms with Crippen molar-refractivity contribution in [2.75, 3.05) is 19.7 Å². The summed E-state index contributed by atoms with van der Waals surface area (Å²) in [6, 6.07) is 0. The quantitative estimate of drug-likeness (QED) is 0.879. The fourth-order valence-corrected chi connectivity index (χ4v) is 2.74. The summed E-state index contributed by atoms with van der Waals surface area (Å²) < 4.78 is 5.31. The minimum atomic E-state index is -0.893. The van der Waals surface area contributed by atoms with Gasteiger partial charge in [0.1, 0.15) is 6.61 Å². The van der Waals surface area contributed by atoms with Gasteiger partial charge in [-0.15, -0.1) is 11.3 Å². The van der Waals surface area contributed by atoms with E-state index < -0.39 is 5.97 Å². The first-order valence-electron chi connectivity index (χ1n) is 6.10. The monoisotopic (exact) mass is 270 g/mol. The predicted molar refractivity (Wildman–Crippen MR) is 68.7 cm³/mol. The summed E-state index contributed by atoms with van der Waals surface area (Å²) in [6.07, 6.45) is 1.89. The van der Waals surface area contributed by atoms with E-state index in [-0.39, 0.29) is 12.7 Å². The number of rotatable bonds is 5. The van der Waals surface area contributed by atoms with Gasteiger partial charge in [-0.1, -0.05) is 0 Å². The third-order valence-electron chi connectivity index (χ3n) is 3.03. The molecule has 18 heavy (non-hydrogen) atoms. The normalized spacial score (nSPS) is 18.1. The van der Waals surface area contributed by atoms with Crippen LogP contribution in [0.3, 0.4) is 0 Å². The van der Waals surface area contributed by atoms with Crippen molar-refractivity contribution in [3.05, 3.63) is 16.1 Å². The molecule has 0 saturated carbocycles. The molecule has 0 atom stereocenters. The molecule has 6 heteroatoms. The number of ether oxygens (including phenoxy) is 1. The van der Waals surface area contributed by atoms with Crippen LogP contribution < -0.4 is 0 Å². The lowest BCUT2D eigenvalue weighted by Gasteiger charge is -2.31. The van der Waals surface area contributed by atoms with Crippen molar-refractivity contribution >= 4 is 17.3 Å². The van der Waals surface area contributed by atoms with Gasteiger partial charge < -0.3 is 9.84 Å². The summed E-state index contributed by atoms with van der Waals surface area (Å²) in [6.45, 7) is 4.60. The zero-order valence-corrected chi connectivity index (χ0v) is 11.3. The largest absolute Gasteiger partial charge is 0.480 e. The highest BCUT2D eigenvalue weighted by atomic mass is 32.1. The first kappa shape index (κ1) is 13.5. The first-order chi connectivity index (χ1) is 8.63. The molecule has 0 bridgehead atoms. The van der Waals surface area contributed by atoms with Crippen molar-refractivity contribution in [3.63, 3.8) is 0 Å². The number of nitrogens with zero attached hydrogens (tertiary/aromatic N) is 2. The average Bonchev–Trinajstić information content (AvgIpc) is 2.74. The summed E-state index contributed by atoms with van der Waals surface area (Å²) in [4.78, 5) is 17.2. The minimum Gasteiger partial charge on any atom is -0.480 e. The summed E-state index contributed by atoms with van der Waals surface area (Å²) in [5.74, 6) is -0.893. The second-order valence-corrected chi connectivity index (χ2v) is 5.60. The van der Waals surface area contributed by atoms with Gasteiger partial charge in [-0.25, -0.2) is 9.78 Å². The fraction of sp³-hybridized carbons (Fsp3) is 0.667. The minimum absolute atomic E-state index is 0.0921. The number of carboxylic acid groups (broad SMARTS) is 1. The molecule has 1 aliphatic rings. The molecule has 5 nitrogen and oxygen atoms in total. The lowest BCUT2D eigenvalue weighted by molar-refractivity contribution is -0.145. The Kier molecular flexibility index (Phi) is 4.68. The number of aliphatic carboxylic acids is 1. The summed E-state index contributed by atoms with van der Waals surface area (Å²) in [5, 5.41) is 11.8. The zero-order valence-electron chi connectivity index (χ0n) is 10.5. The standard InChI is InChI=1S/C12H18N2O3S/c1-9-13-10(8-18-9)6-14-4-2-11(3-5-14)17-7-12(15)16/h8,11H,2-7H2,1H3,(H,15,16). The van der Waals surface area contributed by atoms with E-state index >= 15 is 0 Å². The SMILES string of the molecule is Cc1nc(CN2CCC(OCC(=O)O)CC2)cs1. The van der Waals surface area contributed by atoms with Crippen LogP contribution in [-0.4, -0.2) is 46.8 Å². The number of aryl methyl sites for hydroxylation is 1. The lowest BCUT2D eigenvalue weighted by atomic mass is 10.1. The van der Waals surface area contributed by atoms with Gasteiger partial charge in [0, 0.05) is 25.0 Å². The number of carboxylic acids is 1. The zero-order chi connectivity index (χ0) is 13.0. The maximum atomic E-state index is 10.4. The molecule has 0 unspecified atom stereocenters. The van der Waals surface area contributed by atoms with Gasteiger partial charge in [0.2, 0.25) is 0 Å². The third-order valence-corrected chi connectivity index (χ3v) is 3.85. The van der Waals surface area contributed by atoms with Crippen LogP contribution in [0.2, 0.25) is 0 Å². The van der Waals surface area contributed by atoms with Crippen LogP contribution in [0.4, 0.5) is 0 Å². The molecule has 0 spiro atoms. The molecule has 0 amide bonds.